The molecule has 0 aliphatic carbocycles. The molecule has 15 heavy (non-hydrogen) atoms. The van der Waals surface area contributed by atoms with Gasteiger partial charge in [-0.1, -0.05) is 40.0 Å². The van der Waals surface area contributed by atoms with Crippen molar-refractivity contribution in [3.05, 3.63) is 0 Å². The average Bonchev–Trinajstić information content (AvgIpc) is 2.14. The molecule has 0 aliphatic rings. The molecule has 0 fully saturated rings. The van der Waals surface area contributed by atoms with E-state index in [9.17, 15) is 0 Å². The number of nitrogens with zero attached hydrogens (tertiary/aromatic N) is 1. The van der Waals surface area contributed by atoms with Crippen LogP contribution in [-0.2, 0) is 0 Å². The Morgan fingerprint density at radius 2 is 1.67 bits per heavy atom. The zero-order valence-electron chi connectivity index (χ0n) is 11.0. The molecule has 0 heterocycles. The van der Waals surface area contributed by atoms with Gasteiger partial charge in [0, 0.05) is 6.54 Å². The highest BCUT2D eigenvalue weighted by atomic mass is 16.3. The number of likely N-dealkylation sites (N-methyl/N-ethyl adjacent to an activating group) is 1. The average molecular weight is 215 g/mol. The van der Waals surface area contributed by atoms with Crippen molar-refractivity contribution >= 4 is 0 Å². The highest BCUT2D eigenvalue weighted by Crippen LogP contribution is 2.15. The minimum Gasteiger partial charge on any atom is -0.395 e. The van der Waals surface area contributed by atoms with Gasteiger partial charge in [-0.2, -0.15) is 0 Å². The predicted octanol–water partition coefficient (Wildman–Crippen LogP) is 2.76. The van der Waals surface area contributed by atoms with Crippen LogP contribution >= 0.6 is 0 Å². The molecular formula is C13H29NO. The molecule has 0 aromatic heterocycles. The Bertz CT molecular complexity index is 136. The summed E-state index contributed by atoms with van der Waals surface area (Å²) in [5, 5.41) is 8.76. The molecule has 0 saturated carbocycles. The first-order valence-electron chi connectivity index (χ1n) is 6.35. The Hall–Kier alpha value is -0.0800. The summed E-state index contributed by atoms with van der Waals surface area (Å²) >= 11 is 0. The maximum absolute atomic E-state index is 8.76. The van der Waals surface area contributed by atoms with Gasteiger partial charge in [0.25, 0.3) is 0 Å². The number of aliphatic hydroxyl groups is 1. The Labute approximate surface area is 95.7 Å². The molecule has 1 N–H and O–H groups in total. The van der Waals surface area contributed by atoms with Crippen LogP contribution in [0.2, 0.25) is 0 Å². The Balaban J connectivity index is 3.36. The van der Waals surface area contributed by atoms with Gasteiger partial charge in [-0.15, -0.1) is 0 Å². The second-order valence-electron chi connectivity index (χ2n) is 5.25. The fourth-order valence-corrected chi connectivity index (χ4v) is 1.74. The standard InChI is InChI=1S/C13H29NO/c1-12(2)6-5-7-13(3)8-9-14(4)10-11-15/h12-13,15H,5-11H2,1-4H3. The molecule has 1 unspecified atom stereocenters. The highest BCUT2D eigenvalue weighted by Gasteiger charge is 2.05. The third-order valence-electron chi connectivity index (χ3n) is 2.96. The monoisotopic (exact) mass is 215 g/mol. The van der Waals surface area contributed by atoms with Crippen LogP contribution in [0.15, 0.2) is 0 Å². The SMILES string of the molecule is CC(C)CCCC(C)CCN(C)CCO. The molecule has 1 atom stereocenters. The van der Waals surface area contributed by atoms with Gasteiger partial charge in [-0.3, -0.25) is 0 Å². The van der Waals surface area contributed by atoms with Crippen LogP contribution in [0.4, 0.5) is 0 Å². The Kier molecular flexibility index (Phi) is 9.12. The lowest BCUT2D eigenvalue weighted by Crippen LogP contribution is -2.24. The van der Waals surface area contributed by atoms with Crippen LogP contribution in [0.25, 0.3) is 0 Å². The van der Waals surface area contributed by atoms with Crippen molar-refractivity contribution in [3.8, 4) is 0 Å². The molecule has 2 nitrogen and oxygen atoms in total. The zero-order valence-corrected chi connectivity index (χ0v) is 11.0. The molecule has 0 aliphatic heterocycles. The molecule has 0 amide bonds. The predicted molar refractivity (Wildman–Crippen MR) is 67.1 cm³/mol. The minimum atomic E-state index is 0.276. The molecule has 92 valence electrons. The smallest absolute Gasteiger partial charge is 0.0558 e. The Morgan fingerprint density at radius 1 is 1.00 bits per heavy atom. The van der Waals surface area contributed by atoms with Crippen LogP contribution in [0.1, 0.15) is 46.5 Å². The van der Waals surface area contributed by atoms with E-state index in [2.05, 4.69) is 32.7 Å². The second kappa shape index (κ2) is 9.17. The summed E-state index contributed by atoms with van der Waals surface area (Å²) in [5.41, 5.74) is 0. The topological polar surface area (TPSA) is 23.5 Å². The summed E-state index contributed by atoms with van der Waals surface area (Å²) in [7, 11) is 2.08. The van der Waals surface area contributed by atoms with Crippen LogP contribution in [0.3, 0.4) is 0 Å². The van der Waals surface area contributed by atoms with Crippen LogP contribution in [0.5, 0.6) is 0 Å². The summed E-state index contributed by atoms with van der Waals surface area (Å²) in [6.45, 7) is 9.12. The van der Waals surface area contributed by atoms with Crippen molar-refractivity contribution in [1.82, 2.24) is 4.90 Å². The van der Waals surface area contributed by atoms with E-state index in [1.54, 1.807) is 0 Å². The van der Waals surface area contributed by atoms with Gasteiger partial charge >= 0.3 is 0 Å². The lowest BCUT2D eigenvalue weighted by atomic mass is 9.97. The lowest BCUT2D eigenvalue weighted by molar-refractivity contribution is 0.212. The molecule has 2 heteroatoms. The van der Waals surface area contributed by atoms with E-state index in [4.69, 9.17) is 5.11 Å². The lowest BCUT2D eigenvalue weighted by Gasteiger charge is -2.18. The highest BCUT2D eigenvalue weighted by molar-refractivity contribution is 4.58. The molecule has 0 rings (SSSR count). The summed E-state index contributed by atoms with van der Waals surface area (Å²) in [5.74, 6) is 1.67. The fraction of sp³-hybridized carbons (Fsp3) is 1.00. The number of aliphatic hydroxyl groups excluding tert-OH is 1. The van der Waals surface area contributed by atoms with Crippen molar-refractivity contribution in [3.63, 3.8) is 0 Å². The first-order chi connectivity index (χ1) is 7.06. The maximum atomic E-state index is 8.76. The second-order valence-corrected chi connectivity index (χ2v) is 5.25. The number of rotatable bonds is 9. The van der Waals surface area contributed by atoms with E-state index in [0.717, 1.165) is 24.9 Å². The van der Waals surface area contributed by atoms with E-state index >= 15 is 0 Å². The first kappa shape index (κ1) is 14.9. The fourth-order valence-electron chi connectivity index (χ4n) is 1.74. The molecule has 0 radical (unpaired) electrons. The minimum absolute atomic E-state index is 0.276. The van der Waals surface area contributed by atoms with Gasteiger partial charge in [0.1, 0.15) is 0 Å². The molecule has 0 aromatic rings. The van der Waals surface area contributed by atoms with Crippen molar-refractivity contribution in [2.75, 3.05) is 26.7 Å². The molecule has 0 bridgehead atoms. The number of hydrogen-bond donors (Lipinski definition) is 1. The van der Waals surface area contributed by atoms with E-state index in [1.165, 1.54) is 25.7 Å². The summed E-state index contributed by atoms with van der Waals surface area (Å²) in [6, 6.07) is 0. The third kappa shape index (κ3) is 10.2. The van der Waals surface area contributed by atoms with E-state index in [-0.39, 0.29) is 6.61 Å². The quantitative estimate of drug-likeness (QED) is 0.639. The van der Waals surface area contributed by atoms with Gasteiger partial charge < -0.3 is 10.0 Å². The van der Waals surface area contributed by atoms with Crippen LogP contribution < -0.4 is 0 Å². The van der Waals surface area contributed by atoms with Gasteiger partial charge in [0.2, 0.25) is 0 Å². The van der Waals surface area contributed by atoms with Gasteiger partial charge in [-0.25, -0.2) is 0 Å². The van der Waals surface area contributed by atoms with E-state index in [1.807, 2.05) is 0 Å². The first-order valence-corrected chi connectivity index (χ1v) is 6.35. The molecular weight excluding hydrogens is 186 g/mol. The molecule has 0 aromatic carbocycles. The molecule has 0 spiro atoms. The van der Waals surface area contributed by atoms with Gasteiger partial charge in [0.05, 0.1) is 6.61 Å². The van der Waals surface area contributed by atoms with Crippen molar-refractivity contribution in [2.24, 2.45) is 11.8 Å². The van der Waals surface area contributed by atoms with Gasteiger partial charge in [0.15, 0.2) is 0 Å². The maximum Gasteiger partial charge on any atom is 0.0558 e. The van der Waals surface area contributed by atoms with Crippen molar-refractivity contribution in [1.29, 1.82) is 0 Å². The van der Waals surface area contributed by atoms with Crippen molar-refractivity contribution in [2.45, 2.75) is 46.5 Å². The third-order valence-corrected chi connectivity index (χ3v) is 2.96. The van der Waals surface area contributed by atoms with Crippen molar-refractivity contribution < 1.29 is 5.11 Å². The zero-order chi connectivity index (χ0) is 11.7. The van der Waals surface area contributed by atoms with Crippen LogP contribution in [-0.4, -0.2) is 36.8 Å². The Morgan fingerprint density at radius 3 is 2.20 bits per heavy atom. The molecule has 0 saturated heterocycles. The van der Waals surface area contributed by atoms with Crippen LogP contribution in [0, 0.1) is 11.8 Å². The summed E-state index contributed by atoms with van der Waals surface area (Å²) in [4.78, 5) is 2.21. The van der Waals surface area contributed by atoms with Gasteiger partial charge in [-0.05, 0) is 31.8 Å². The normalized spacial score (nSPS) is 13.8. The summed E-state index contributed by atoms with van der Waals surface area (Å²) < 4.78 is 0. The largest absolute Gasteiger partial charge is 0.395 e. The van der Waals surface area contributed by atoms with E-state index in [0.29, 0.717) is 0 Å². The number of hydrogen-bond acceptors (Lipinski definition) is 2. The summed E-state index contributed by atoms with van der Waals surface area (Å²) in [6.07, 6.45) is 5.33. The van der Waals surface area contributed by atoms with E-state index < -0.39 is 0 Å².